The summed E-state index contributed by atoms with van der Waals surface area (Å²) >= 11 is 0. The van der Waals surface area contributed by atoms with Crippen LogP contribution in [0.2, 0.25) is 0 Å². The lowest BCUT2D eigenvalue weighted by molar-refractivity contribution is -0.117. The van der Waals surface area contributed by atoms with Gasteiger partial charge >= 0.3 is 0 Å². The monoisotopic (exact) mass is 480 g/mol. The molecule has 1 saturated carbocycles. The Hall–Kier alpha value is -2.97. The summed E-state index contributed by atoms with van der Waals surface area (Å²) in [5, 5.41) is 2.94. The van der Waals surface area contributed by atoms with Crippen molar-refractivity contribution in [2.45, 2.75) is 45.4 Å². The number of ether oxygens (including phenoxy) is 2. The van der Waals surface area contributed by atoms with E-state index in [0.29, 0.717) is 30.2 Å². The van der Waals surface area contributed by atoms with Gasteiger partial charge in [-0.15, -0.1) is 0 Å². The summed E-state index contributed by atoms with van der Waals surface area (Å²) in [6.07, 6.45) is 5.38. The average molecular weight is 481 g/mol. The highest BCUT2D eigenvalue weighted by molar-refractivity contribution is 6.00. The van der Waals surface area contributed by atoms with Crippen molar-refractivity contribution >= 4 is 17.5 Å². The minimum Gasteiger partial charge on any atom is -0.491 e. The summed E-state index contributed by atoms with van der Waals surface area (Å²) in [7, 11) is 3.48. The van der Waals surface area contributed by atoms with Gasteiger partial charge in [0.1, 0.15) is 12.4 Å². The van der Waals surface area contributed by atoms with Crippen LogP contribution in [0.25, 0.3) is 0 Å². The fraction of sp³-hybridized carbons (Fsp3) is 0.519. The lowest BCUT2D eigenvalue weighted by Crippen LogP contribution is -2.46. The molecule has 1 aliphatic heterocycles. The zero-order chi connectivity index (χ0) is 24.9. The van der Waals surface area contributed by atoms with Crippen LogP contribution in [0.1, 0.15) is 42.6 Å². The molecular weight excluding hydrogens is 444 g/mol. The van der Waals surface area contributed by atoms with E-state index in [1.807, 2.05) is 12.3 Å². The van der Waals surface area contributed by atoms with Crippen LogP contribution < -0.4 is 10.1 Å². The largest absolute Gasteiger partial charge is 0.491 e. The van der Waals surface area contributed by atoms with Crippen molar-refractivity contribution < 1.29 is 19.1 Å². The second kappa shape index (κ2) is 11.2. The first kappa shape index (κ1) is 25.1. The molecule has 0 saturated heterocycles. The SMILES string of the molecule is CO[C@@H]1CN(C)C(=O)c2cc(NC(=O)C3CC3)ccc2OC[C@H](C)N(Cc2cccnc2)C[C@H]1C. The van der Waals surface area contributed by atoms with Crippen molar-refractivity contribution in [3.05, 3.63) is 53.9 Å². The number of hydrogen-bond acceptors (Lipinski definition) is 6. The van der Waals surface area contributed by atoms with Crippen LogP contribution in [-0.2, 0) is 16.1 Å². The van der Waals surface area contributed by atoms with Gasteiger partial charge in [0, 0.05) is 63.8 Å². The molecular formula is C27H36N4O4. The quantitative estimate of drug-likeness (QED) is 0.706. The number of rotatable bonds is 5. The summed E-state index contributed by atoms with van der Waals surface area (Å²) in [6, 6.07) is 9.42. The molecule has 0 bridgehead atoms. The van der Waals surface area contributed by atoms with Gasteiger partial charge in [-0.05, 0) is 55.5 Å². The number of anilines is 1. The Kier molecular flexibility index (Phi) is 8.03. The summed E-state index contributed by atoms with van der Waals surface area (Å²) in [5.41, 5.74) is 2.19. The first-order valence-corrected chi connectivity index (χ1v) is 12.3. The molecule has 1 aliphatic carbocycles. The van der Waals surface area contributed by atoms with E-state index in [-0.39, 0.29) is 35.8 Å². The number of nitrogens with one attached hydrogen (secondary N) is 1. The molecule has 2 aliphatic rings. The van der Waals surface area contributed by atoms with Crippen LogP contribution in [0.3, 0.4) is 0 Å². The fourth-order valence-electron chi connectivity index (χ4n) is 4.47. The number of benzene rings is 1. The van der Waals surface area contributed by atoms with Gasteiger partial charge in [-0.2, -0.15) is 0 Å². The van der Waals surface area contributed by atoms with Gasteiger partial charge in [-0.25, -0.2) is 0 Å². The van der Waals surface area contributed by atoms with Gasteiger partial charge < -0.3 is 19.7 Å². The zero-order valence-electron chi connectivity index (χ0n) is 21.1. The highest BCUT2D eigenvalue weighted by atomic mass is 16.5. The molecule has 1 aromatic heterocycles. The summed E-state index contributed by atoms with van der Waals surface area (Å²) < 4.78 is 12.1. The van der Waals surface area contributed by atoms with Crippen LogP contribution in [0.5, 0.6) is 5.75 Å². The highest BCUT2D eigenvalue weighted by Gasteiger charge is 2.31. The van der Waals surface area contributed by atoms with Gasteiger partial charge in [-0.1, -0.05) is 13.0 Å². The van der Waals surface area contributed by atoms with Crippen molar-refractivity contribution in [3.63, 3.8) is 0 Å². The number of aromatic nitrogens is 1. The maximum absolute atomic E-state index is 13.5. The molecule has 188 valence electrons. The number of likely N-dealkylation sites (N-methyl/N-ethyl adjacent to an activating group) is 1. The molecule has 35 heavy (non-hydrogen) atoms. The topological polar surface area (TPSA) is 84.0 Å². The molecule has 2 aromatic rings. The lowest BCUT2D eigenvalue weighted by Gasteiger charge is -2.36. The number of nitrogens with zero attached hydrogens (tertiary/aromatic N) is 3. The van der Waals surface area contributed by atoms with Crippen molar-refractivity contribution in [1.29, 1.82) is 0 Å². The van der Waals surface area contributed by atoms with Gasteiger partial charge in [0.15, 0.2) is 0 Å². The minimum absolute atomic E-state index is 0.00719. The third-order valence-corrected chi connectivity index (χ3v) is 6.90. The standard InChI is InChI=1S/C27H36N4O4/c1-18-14-31(15-20-6-5-11-28-13-20)19(2)17-35-24-10-9-22(29-26(32)21-7-8-21)12-23(24)27(33)30(3)16-25(18)34-4/h5-6,9-13,18-19,21,25H,7-8,14-17H2,1-4H3,(H,29,32)/t18-,19+,25-/m1/s1. The number of methoxy groups -OCH3 is 1. The fourth-order valence-corrected chi connectivity index (χ4v) is 4.47. The molecule has 1 fully saturated rings. The van der Waals surface area contributed by atoms with Crippen LogP contribution in [0.15, 0.2) is 42.7 Å². The van der Waals surface area contributed by atoms with E-state index >= 15 is 0 Å². The van der Waals surface area contributed by atoms with E-state index < -0.39 is 0 Å². The van der Waals surface area contributed by atoms with E-state index in [1.54, 1.807) is 43.5 Å². The predicted octanol–water partition coefficient (Wildman–Crippen LogP) is 3.44. The number of carbonyl (C=O) groups excluding carboxylic acids is 2. The highest BCUT2D eigenvalue weighted by Crippen LogP contribution is 2.31. The van der Waals surface area contributed by atoms with E-state index in [1.165, 1.54) is 0 Å². The number of fused-ring (bicyclic) bond motifs is 1. The summed E-state index contributed by atoms with van der Waals surface area (Å²) in [4.78, 5) is 34.0. The van der Waals surface area contributed by atoms with Crippen LogP contribution >= 0.6 is 0 Å². The number of hydrogen-bond donors (Lipinski definition) is 1. The Morgan fingerprint density at radius 1 is 1.23 bits per heavy atom. The minimum atomic E-state index is -0.155. The second-order valence-electron chi connectivity index (χ2n) is 9.86. The Bertz CT molecular complexity index is 1030. The number of pyridine rings is 1. The van der Waals surface area contributed by atoms with Gasteiger partial charge in [-0.3, -0.25) is 19.5 Å². The second-order valence-corrected chi connectivity index (χ2v) is 9.86. The van der Waals surface area contributed by atoms with E-state index in [9.17, 15) is 9.59 Å². The van der Waals surface area contributed by atoms with E-state index in [0.717, 1.165) is 31.5 Å². The van der Waals surface area contributed by atoms with Crippen LogP contribution in [0, 0.1) is 11.8 Å². The van der Waals surface area contributed by atoms with Gasteiger partial charge in [0.05, 0.1) is 11.7 Å². The van der Waals surface area contributed by atoms with Gasteiger partial charge in [0.2, 0.25) is 5.91 Å². The molecule has 3 atom stereocenters. The average Bonchev–Trinajstić information content (AvgIpc) is 3.71. The Morgan fingerprint density at radius 2 is 2.03 bits per heavy atom. The molecule has 1 N–H and O–H groups in total. The molecule has 0 unspecified atom stereocenters. The molecule has 8 nitrogen and oxygen atoms in total. The van der Waals surface area contributed by atoms with E-state index in [2.05, 4.69) is 35.1 Å². The molecule has 4 rings (SSSR count). The zero-order valence-corrected chi connectivity index (χ0v) is 21.1. The van der Waals surface area contributed by atoms with Crippen molar-refractivity contribution in [2.75, 3.05) is 39.2 Å². The smallest absolute Gasteiger partial charge is 0.257 e. The molecule has 1 aromatic carbocycles. The normalized spacial score (nSPS) is 24.1. The van der Waals surface area contributed by atoms with E-state index in [4.69, 9.17) is 9.47 Å². The molecule has 2 amide bonds. The summed E-state index contributed by atoms with van der Waals surface area (Å²) in [5.74, 6) is 0.630. The summed E-state index contributed by atoms with van der Waals surface area (Å²) in [6.45, 7) is 6.69. The first-order chi connectivity index (χ1) is 16.9. The lowest BCUT2D eigenvalue weighted by atomic mass is 10.0. The Balaban J connectivity index is 1.61. The third-order valence-electron chi connectivity index (χ3n) is 6.90. The number of amides is 2. The van der Waals surface area contributed by atoms with Crippen molar-refractivity contribution in [2.24, 2.45) is 11.8 Å². The Morgan fingerprint density at radius 3 is 2.71 bits per heavy atom. The maximum Gasteiger partial charge on any atom is 0.257 e. The predicted molar refractivity (Wildman–Crippen MR) is 134 cm³/mol. The number of carbonyl (C=O) groups is 2. The molecule has 0 radical (unpaired) electrons. The maximum atomic E-state index is 13.5. The Labute approximate surface area is 207 Å². The van der Waals surface area contributed by atoms with Crippen LogP contribution in [-0.4, -0.2) is 72.6 Å². The molecule has 8 heteroatoms. The molecule has 0 spiro atoms. The van der Waals surface area contributed by atoms with Crippen molar-refractivity contribution in [1.82, 2.24) is 14.8 Å². The molecule has 2 heterocycles. The van der Waals surface area contributed by atoms with Crippen molar-refractivity contribution in [3.8, 4) is 5.75 Å². The van der Waals surface area contributed by atoms with Gasteiger partial charge in [0.25, 0.3) is 5.91 Å². The third kappa shape index (κ3) is 6.38. The first-order valence-electron chi connectivity index (χ1n) is 12.3. The van der Waals surface area contributed by atoms with Crippen LogP contribution in [0.4, 0.5) is 5.69 Å².